The first-order valence-corrected chi connectivity index (χ1v) is 11.6. The first-order valence-electron chi connectivity index (χ1n) is 9.81. The van der Waals surface area contributed by atoms with Gasteiger partial charge in [0.2, 0.25) is 15.9 Å². The van der Waals surface area contributed by atoms with Crippen LogP contribution in [0.5, 0.6) is 0 Å². The highest BCUT2D eigenvalue weighted by Crippen LogP contribution is 2.31. The van der Waals surface area contributed by atoms with Gasteiger partial charge in [-0.3, -0.25) is 24.5 Å². The summed E-state index contributed by atoms with van der Waals surface area (Å²) in [4.78, 5) is 27.6. The smallest absolute Gasteiger partial charge is 0.270 e. The quantitative estimate of drug-likeness (QED) is 0.496. The van der Waals surface area contributed by atoms with E-state index in [2.05, 4.69) is 4.99 Å². The maximum atomic E-state index is 13.0. The Balaban J connectivity index is 1.79. The Bertz CT molecular complexity index is 1170. The summed E-state index contributed by atoms with van der Waals surface area (Å²) in [6.07, 6.45) is 2.32. The number of hydrogen-bond donors (Lipinski definition) is 0. The minimum atomic E-state index is -4.03. The highest BCUT2D eigenvalue weighted by atomic mass is 35.5. The Kier molecular flexibility index (Phi) is 6.93. The molecule has 2 aromatic rings. The lowest BCUT2D eigenvalue weighted by Gasteiger charge is -2.30. The van der Waals surface area contributed by atoms with Crippen molar-refractivity contribution in [2.45, 2.75) is 37.6 Å². The molecule has 11 heteroatoms. The van der Waals surface area contributed by atoms with Crippen LogP contribution >= 0.6 is 11.6 Å². The van der Waals surface area contributed by atoms with Crippen LogP contribution in [0, 0.1) is 16.0 Å². The van der Waals surface area contributed by atoms with Crippen LogP contribution < -0.4 is 5.49 Å². The number of carbonyl (C=O) groups excluding carboxylic acids is 1. The summed E-state index contributed by atoms with van der Waals surface area (Å²) in [6, 6.07) is 8.67. The molecule has 0 radical (unpaired) electrons. The van der Waals surface area contributed by atoms with E-state index in [0.29, 0.717) is 18.3 Å². The Labute approximate surface area is 185 Å². The van der Waals surface area contributed by atoms with E-state index in [1.807, 2.05) is 19.9 Å². The van der Waals surface area contributed by atoms with Gasteiger partial charge in [-0.25, -0.2) is 8.42 Å². The Morgan fingerprint density at radius 1 is 1.23 bits per heavy atom. The first kappa shape index (κ1) is 23.1. The zero-order valence-electron chi connectivity index (χ0n) is 17.1. The van der Waals surface area contributed by atoms with E-state index in [1.54, 1.807) is 18.3 Å². The third-order valence-electron chi connectivity index (χ3n) is 5.01. The fourth-order valence-corrected chi connectivity index (χ4v) is 5.44. The van der Waals surface area contributed by atoms with E-state index in [-0.39, 0.29) is 46.6 Å². The van der Waals surface area contributed by atoms with Crippen molar-refractivity contribution in [3.63, 3.8) is 0 Å². The van der Waals surface area contributed by atoms with Gasteiger partial charge in [0.25, 0.3) is 5.69 Å². The average molecular weight is 467 g/mol. The molecular weight excluding hydrogens is 444 g/mol. The second-order valence-electron chi connectivity index (χ2n) is 7.54. The molecule has 9 nitrogen and oxygen atoms in total. The minimum Gasteiger partial charge on any atom is -0.274 e. The molecule has 1 aromatic heterocycles. The van der Waals surface area contributed by atoms with Gasteiger partial charge in [-0.15, -0.1) is 0 Å². The van der Waals surface area contributed by atoms with Crippen LogP contribution in [-0.4, -0.2) is 47.3 Å². The van der Waals surface area contributed by atoms with Crippen molar-refractivity contribution in [2.24, 2.45) is 10.9 Å². The number of carbonyl (C=O) groups is 1. The van der Waals surface area contributed by atoms with E-state index in [4.69, 9.17) is 11.6 Å². The van der Waals surface area contributed by atoms with Crippen molar-refractivity contribution in [3.05, 3.63) is 63.2 Å². The number of non-ortho nitro benzene ring substituents is 1. The molecule has 1 aromatic carbocycles. The predicted octanol–water partition coefficient (Wildman–Crippen LogP) is 3.10. The number of nitro benzene ring substituents is 1. The Morgan fingerprint density at radius 2 is 1.90 bits per heavy atom. The van der Waals surface area contributed by atoms with Crippen molar-refractivity contribution in [1.29, 1.82) is 0 Å². The van der Waals surface area contributed by atoms with E-state index in [0.717, 1.165) is 12.1 Å². The number of pyridine rings is 1. The monoisotopic (exact) mass is 466 g/mol. The van der Waals surface area contributed by atoms with Crippen molar-refractivity contribution in [3.8, 4) is 0 Å². The third kappa shape index (κ3) is 5.03. The number of nitrogens with zero attached hydrogens (tertiary/aromatic N) is 4. The molecule has 1 aliphatic heterocycles. The zero-order valence-corrected chi connectivity index (χ0v) is 18.7. The molecule has 0 aliphatic carbocycles. The molecule has 1 fully saturated rings. The van der Waals surface area contributed by atoms with Crippen LogP contribution in [0.4, 0.5) is 5.69 Å². The maximum absolute atomic E-state index is 13.0. The number of sulfonamides is 1. The Morgan fingerprint density at radius 3 is 2.52 bits per heavy atom. The molecule has 0 bridgehead atoms. The van der Waals surface area contributed by atoms with Gasteiger partial charge < -0.3 is 0 Å². The summed E-state index contributed by atoms with van der Waals surface area (Å²) >= 11 is 6.03. The lowest BCUT2D eigenvalue weighted by molar-refractivity contribution is -0.385. The number of nitro groups is 1. The van der Waals surface area contributed by atoms with Crippen LogP contribution in [0.25, 0.3) is 0 Å². The lowest BCUT2D eigenvalue weighted by Crippen LogP contribution is -2.42. The van der Waals surface area contributed by atoms with Crippen LogP contribution in [0.1, 0.15) is 31.5 Å². The molecule has 0 N–H and O–H groups in total. The zero-order chi connectivity index (χ0) is 22.8. The molecule has 1 saturated heterocycles. The van der Waals surface area contributed by atoms with Gasteiger partial charge >= 0.3 is 0 Å². The fourth-order valence-electron chi connectivity index (χ4n) is 3.47. The molecule has 3 rings (SSSR count). The van der Waals surface area contributed by atoms with Crippen LogP contribution in [0.3, 0.4) is 0 Å². The largest absolute Gasteiger partial charge is 0.274 e. The molecular formula is C20H23ClN4O5S. The molecule has 0 atom stereocenters. The topological polar surface area (TPSA) is 115 Å². The number of rotatable bonds is 5. The normalized spacial score (nSPS) is 16.6. The summed E-state index contributed by atoms with van der Waals surface area (Å²) in [5, 5.41) is 10.9. The molecule has 0 saturated carbocycles. The Hall–Kier alpha value is -2.56. The minimum absolute atomic E-state index is 0.0214. The number of piperidine rings is 1. The fraction of sp³-hybridized carbons (Fsp3) is 0.400. The molecule has 0 amide bonds. The van der Waals surface area contributed by atoms with Gasteiger partial charge in [0.1, 0.15) is 10.4 Å². The van der Waals surface area contributed by atoms with Crippen molar-refractivity contribution >= 4 is 33.2 Å². The van der Waals surface area contributed by atoms with E-state index >= 15 is 0 Å². The highest BCUT2D eigenvalue weighted by Gasteiger charge is 2.34. The summed E-state index contributed by atoms with van der Waals surface area (Å²) in [5.41, 5.74) is 0.205. The summed E-state index contributed by atoms with van der Waals surface area (Å²) in [7, 11) is -4.03. The highest BCUT2D eigenvalue weighted by molar-refractivity contribution is 7.89. The van der Waals surface area contributed by atoms with Gasteiger partial charge in [0.05, 0.1) is 9.95 Å². The summed E-state index contributed by atoms with van der Waals surface area (Å²) in [5.74, 6) is -0.494. The second kappa shape index (κ2) is 9.29. The predicted molar refractivity (Wildman–Crippen MR) is 115 cm³/mol. The maximum Gasteiger partial charge on any atom is 0.270 e. The van der Waals surface area contributed by atoms with Crippen molar-refractivity contribution < 1.29 is 18.1 Å². The number of hydrogen-bond acceptors (Lipinski definition) is 6. The molecule has 1 aliphatic rings. The second-order valence-corrected chi connectivity index (χ2v) is 9.85. The van der Waals surface area contributed by atoms with Gasteiger partial charge in [-0.2, -0.15) is 4.31 Å². The summed E-state index contributed by atoms with van der Waals surface area (Å²) in [6.45, 7) is 4.07. The van der Waals surface area contributed by atoms with Gasteiger partial charge in [-0.05, 0) is 44.9 Å². The third-order valence-corrected chi connectivity index (χ3v) is 7.39. The molecule has 0 unspecified atom stereocenters. The average Bonchev–Trinajstić information content (AvgIpc) is 2.73. The number of halogens is 1. The van der Waals surface area contributed by atoms with Crippen molar-refractivity contribution in [1.82, 2.24) is 8.87 Å². The number of aromatic nitrogens is 1. The van der Waals surface area contributed by atoms with Gasteiger partial charge in [0.15, 0.2) is 0 Å². The van der Waals surface area contributed by atoms with Crippen LogP contribution in [0.15, 0.2) is 52.5 Å². The lowest BCUT2D eigenvalue weighted by atomic mass is 9.97. The van der Waals surface area contributed by atoms with Crippen LogP contribution in [0.2, 0.25) is 5.02 Å². The molecule has 2 heterocycles. The SMILES string of the molecule is CC(C)N=c1ccccn1C(=O)C1CCN(S(=O)(=O)c2cc([N+](=O)[O-])ccc2Cl)CC1. The van der Waals surface area contributed by atoms with E-state index in [1.165, 1.54) is 14.9 Å². The molecule has 0 spiro atoms. The van der Waals surface area contributed by atoms with E-state index < -0.39 is 14.9 Å². The van der Waals surface area contributed by atoms with Gasteiger partial charge in [0, 0.05) is 43.4 Å². The van der Waals surface area contributed by atoms with E-state index in [9.17, 15) is 23.3 Å². The molecule has 31 heavy (non-hydrogen) atoms. The standard InChI is InChI=1S/C20H23ClN4O5S/c1-14(2)22-19-5-3-4-10-24(19)20(26)15-8-11-23(12-9-15)31(29,30)18-13-16(25(27)28)6-7-17(18)21/h3-7,10,13-15H,8-9,11-12H2,1-2H3. The van der Waals surface area contributed by atoms with Gasteiger partial charge in [-0.1, -0.05) is 17.7 Å². The van der Waals surface area contributed by atoms with Crippen LogP contribution in [-0.2, 0) is 10.0 Å². The van der Waals surface area contributed by atoms with Crippen molar-refractivity contribution in [2.75, 3.05) is 13.1 Å². The first-order chi connectivity index (χ1) is 14.6. The molecule has 166 valence electrons. The number of benzene rings is 1. The summed E-state index contributed by atoms with van der Waals surface area (Å²) < 4.78 is 28.8.